The van der Waals surface area contributed by atoms with Crippen LogP contribution in [-0.4, -0.2) is 68.8 Å². The number of morpholine rings is 1. The molecule has 0 aromatic rings. The van der Waals surface area contributed by atoms with E-state index in [1.165, 1.54) is 0 Å². The highest BCUT2D eigenvalue weighted by Crippen LogP contribution is 2.24. The van der Waals surface area contributed by atoms with Crippen LogP contribution in [0.3, 0.4) is 0 Å². The Bertz CT molecular complexity index is 425. The third-order valence-corrected chi connectivity index (χ3v) is 7.16. The number of hydrogen-bond donors (Lipinski definition) is 0. The van der Waals surface area contributed by atoms with Gasteiger partial charge < -0.3 is 4.74 Å². The van der Waals surface area contributed by atoms with Gasteiger partial charge in [-0.1, -0.05) is 13.8 Å². The summed E-state index contributed by atoms with van der Waals surface area (Å²) in [7, 11) is -3.11. The molecule has 2 fully saturated rings. The summed E-state index contributed by atoms with van der Waals surface area (Å²) < 4.78 is 32.3. The molecule has 2 heterocycles. The van der Waals surface area contributed by atoms with Crippen LogP contribution in [0, 0.1) is 11.8 Å². The first-order chi connectivity index (χ1) is 10.4. The molecule has 0 amide bonds. The summed E-state index contributed by atoms with van der Waals surface area (Å²) in [4.78, 5) is 2.46. The quantitative estimate of drug-likeness (QED) is 0.744. The van der Waals surface area contributed by atoms with Crippen molar-refractivity contribution in [1.29, 1.82) is 0 Å². The molecule has 0 N–H and O–H groups in total. The molecular weight excluding hydrogens is 300 g/mol. The van der Waals surface area contributed by atoms with E-state index in [2.05, 4.69) is 18.7 Å². The largest absolute Gasteiger partial charge is 0.379 e. The molecule has 2 aliphatic rings. The number of sulfonamides is 1. The van der Waals surface area contributed by atoms with Crippen molar-refractivity contribution < 1.29 is 13.2 Å². The van der Waals surface area contributed by atoms with E-state index in [-0.39, 0.29) is 5.25 Å². The monoisotopic (exact) mass is 332 g/mol. The average Bonchev–Trinajstić information content (AvgIpc) is 2.48. The van der Waals surface area contributed by atoms with Gasteiger partial charge in [0.1, 0.15) is 0 Å². The Hall–Kier alpha value is -0.170. The highest BCUT2D eigenvalue weighted by Gasteiger charge is 2.32. The van der Waals surface area contributed by atoms with Crippen LogP contribution in [0.4, 0.5) is 0 Å². The molecule has 0 aliphatic carbocycles. The van der Waals surface area contributed by atoms with Gasteiger partial charge in [-0.3, -0.25) is 4.90 Å². The number of rotatable bonds is 6. The fourth-order valence-electron chi connectivity index (χ4n) is 3.54. The van der Waals surface area contributed by atoms with Crippen LogP contribution in [-0.2, 0) is 14.8 Å². The molecule has 1 atom stereocenters. The Kier molecular flexibility index (Phi) is 6.68. The van der Waals surface area contributed by atoms with E-state index in [0.29, 0.717) is 24.9 Å². The van der Waals surface area contributed by atoms with Gasteiger partial charge in [0.25, 0.3) is 0 Å². The minimum atomic E-state index is -3.11. The molecule has 0 aromatic heterocycles. The predicted octanol–water partition coefficient (Wildman–Crippen LogP) is 1.80. The maximum absolute atomic E-state index is 12.6. The average molecular weight is 333 g/mol. The van der Waals surface area contributed by atoms with E-state index in [1.54, 1.807) is 4.31 Å². The first kappa shape index (κ1) is 18.2. The molecule has 0 unspecified atom stereocenters. The highest BCUT2D eigenvalue weighted by atomic mass is 32.2. The summed E-state index contributed by atoms with van der Waals surface area (Å²) in [5, 5.41) is -0.261. The lowest BCUT2D eigenvalue weighted by molar-refractivity contribution is 0.0268. The summed E-state index contributed by atoms with van der Waals surface area (Å²) in [5.74, 6) is 1.05. The van der Waals surface area contributed by atoms with Crippen LogP contribution in [0.25, 0.3) is 0 Å². The van der Waals surface area contributed by atoms with Crippen molar-refractivity contribution in [3.8, 4) is 0 Å². The topological polar surface area (TPSA) is 49.9 Å². The van der Waals surface area contributed by atoms with Gasteiger partial charge in [0, 0.05) is 32.7 Å². The highest BCUT2D eigenvalue weighted by molar-refractivity contribution is 7.89. The first-order valence-electron chi connectivity index (χ1n) is 8.68. The Balaban J connectivity index is 1.80. The van der Waals surface area contributed by atoms with E-state index < -0.39 is 10.0 Å². The Morgan fingerprint density at radius 3 is 2.18 bits per heavy atom. The van der Waals surface area contributed by atoms with E-state index in [0.717, 1.165) is 52.1 Å². The minimum absolute atomic E-state index is 0.261. The summed E-state index contributed by atoms with van der Waals surface area (Å²) in [5.41, 5.74) is 0. The van der Waals surface area contributed by atoms with Crippen LogP contribution in [0.2, 0.25) is 0 Å². The lowest BCUT2D eigenvalue weighted by Gasteiger charge is -2.36. The van der Waals surface area contributed by atoms with Gasteiger partial charge in [0.15, 0.2) is 0 Å². The van der Waals surface area contributed by atoms with Gasteiger partial charge in [-0.15, -0.1) is 0 Å². The molecule has 0 bridgehead atoms. The van der Waals surface area contributed by atoms with Gasteiger partial charge in [-0.2, -0.15) is 0 Å². The zero-order chi connectivity index (χ0) is 16.2. The number of piperidine rings is 1. The maximum Gasteiger partial charge on any atom is 0.216 e. The Labute approximate surface area is 136 Å². The lowest BCUT2D eigenvalue weighted by atomic mass is 9.97. The zero-order valence-corrected chi connectivity index (χ0v) is 15.1. The van der Waals surface area contributed by atoms with Crippen molar-refractivity contribution in [3.63, 3.8) is 0 Å². The Morgan fingerprint density at radius 1 is 1.05 bits per heavy atom. The SMILES string of the molecule is CC(C)C[C@H](C)S(=O)(=O)N1CCC(CN2CCOCC2)CC1. The fraction of sp³-hybridized carbons (Fsp3) is 1.00. The van der Waals surface area contributed by atoms with Crippen molar-refractivity contribution in [2.24, 2.45) is 11.8 Å². The van der Waals surface area contributed by atoms with Gasteiger partial charge in [-0.25, -0.2) is 12.7 Å². The molecular formula is C16H32N2O3S. The van der Waals surface area contributed by atoms with Crippen molar-refractivity contribution in [2.75, 3.05) is 45.9 Å². The van der Waals surface area contributed by atoms with E-state index in [4.69, 9.17) is 4.74 Å². The number of nitrogens with zero attached hydrogens (tertiary/aromatic N) is 2. The van der Waals surface area contributed by atoms with Gasteiger partial charge >= 0.3 is 0 Å². The minimum Gasteiger partial charge on any atom is -0.379 e. The smallest absolute Gasteiger partial charge is 0.216 e. The molecule has 0 saturated carbocycles. The third-order valence-electron chi connectivity index (χ3n) is 4.87. The molecule has 0 aromatic carbocycles. The molecule has 2 aliphatic heterocycles. The molecule has 6 heteroatoms. The summed E-state index contributed by atoms with van der Waals surface area (Å²) in [6.45, 7) is 12.2. The van der Waals surface area contributed by atoms with Crippen LogP contribution in [0.1, 0.15) is 40.0 Å². The number of hydrogen-bond acceptors (Lipinski definition) is 4. The molecule has 22 heavy (non-hydrogen) atoms. The molecule has 0 spiro atoms. The Morgan fingerprint density at radius 2 is 1.64 bits per heavy atom. The van der Waals surface area contributed by atoms with Crippen molar-refractivity contribution in [2.45, 2.75) is 45.3 Å². The second-order valence-corrected chi connectivity index (χ2v) is 9.59. The van der Waals surface area contributed by atoms with Gasteiger partial charge in [0.05, 0.1) is 18.5 Å². The van der Waals surface area contributed by atoms with Crippen LogP contribution in [0.5, 0.6) is 0 Å². The second kappa shape index (κ2) is 8.08. The fourth-order valence-corrected chi connectivity index (χ4v) is 5.39. The number of ether oxygens (including phenoxy) is 1. The molecule has 130 valence electrons. The predicted molar refractivity (Wildman–Crippen MR) is 89.4 cm³/mol. The van der Waals surface area contributed by atoms with Gasteiger partial charge in [-0.05, 0) is 38.0 Å². The summed E-state index contributed by atoms with van der Waals surface area (Å²) >= 11 is 0. The van der Waals surface area contributed by atoms with Gasteiger partial charge in [0.2, 0.25) is 10.0 Å². The molecule has 2 rings (SSSR count). The lowest BCUT2D eigenvalue weighted by Crippen LogP contribution is -2.46. The van der Waals surface area contributed by atoms with Crippen molar-refractivity contribution in [3.05, 3.63) is 0 Å². The summed E-state index contributed by atoms with van der Waals surface area (Å²) in [6, 6.07) is 0. The zero-order valence-electron chi connectivity index (χ0n) is 14.3. The van der Waals surface area contributed by atoms with E-state index >= 15 is 0 Å². The van der Waals surface area contributed by atoms with E-state index in [1.807, 2.05) is 6.92 Å². The molecule has 5 nitrogen and oxygen atoms in total. The molecule has 2 saturated heterocycles. The van der Waals surface area contributed by atoms with Crippen LogP contribution < -0.4 is 0 Å². The maximum atomic E-state index is 12.6. The van der Waals surface area contributed by atoms with Crippen LogP contribution >= 0.6 is 0 Å². The van der Waals surface area contributed by atoms with E-state index in [9.17, 15) is 8.42 Å². The van der Waals surface area contributed by atoms with Crippen molar-refractivity contribution >= 4 is 10.0 Å². The third kappa shape index (κ3) is 4.91. The van der Waals surface area contributed by atoms with Crippen molar-refractivity contribution in [1.82, 2.24) is 9.21 Å². The van der Waals surface area contributed by atoms with Crippen LogP contribution in [0.15, 0.2) is 0 Å². The summed E-state index contributed by atoms with van der Waals surface area (Å²) in [6.07, 6.45) is 2.73. The second-order valence-electron chi connectivity index (χ2n) is 7.24. The normalized spacial score (nSPS) is 24.7. The first-order valence-corrected chi connectivity index (χ1v) is 10.2. The molecule has 0 radical (unpaired) electrons. The standard InChI is InChI=1S/C16H32N2O3S/c1-14(2)12-15(3)22(19,20)18-6-4-16(5-7-18)13-17-8-10-21-11-9-17/h14-16H,4-13H2,1-3H3/t15-/m0/s1.